The summed E-state index contributed by atoms with van der Waals surface area (Å²) in [6.07, 6.45) is 4.83. The van der Waals surface area contributed by atoms with Crippen molar-refractivity contribution < 1.29 is 19.4 Å². The fourth-order valence-corrected chi connectivity index (χ4v) is 1.66. The summed E-state index contributed by atoms with van der Waals surface area (Å²) in [6, 6.07) is -1.27. The van der Waals surface area contributed by atoms with Crippen LogP contribution >= 0.6 is 0 Å². The molecule has 0 amide bonds. The van der Waals surface area contributed by atoms with Gasteiger partial charge in [0.1, 0.15) is 12.1 Å². The lowest BCUT2D eigenvalue weighted by Gasteiger charge is -2.19. The first-order chi connectivity index (χ1) is 8.52. The average molecular weight is 259 g/mol. The molecule has 0 saturated heterocycles. The Hall–Kier alpha value is -1.10. The van der Waals surface area contributed by atoms with E-state index in [-0.39, 0.29) is 5.97 Å². The highest BCUT2D eigenvalue weighted by atomic mass is 16.5. The van der Waals surface area contributed by atoms with Crippen LogP contribution in [0.15, 0.2) is 0 Å². The zero-order valence-corrected chi connectivity index (χ0v) is 11.6. The highest BCUT2D eigenvalue weighted by Crippen LogP contribution is 2.08. The molecule has 0 aliphatic carbocycles. The van der Waals surface area contributed by atoms with Crippen molar-refractivity contribution in [1.82, 2.24) is 5.32 Å². The van der Waals surface area contributed by atoms with Crippen molar-refractivity contribution in [3.63, 3.8) is 0 Å². The van der Waals surface area contributed by atoms with E-state index < -0.39 is 18.1 Å². The van der Waals surface area contributed by atoms with E-state index in [4.69, 9.17) is 9.84 Å². The Morgan fingerprint density at radius 2 is 1.89 bits per heavy atom. The van der Waals surface area contributed by atoms with Gasteiger partial charge in [-0.15, -0.1) is 0 Å². The van der Waals surface area contributed by atoms with Gasteiger partial charge in [-0.3, -0.25) is 14.9 Å². The molecule has 0 saturated carbocycles. The summed E-state index contributed by atoms with van der Waals surface area (Å²) in [6.45, 7) is 5.70. The molecule has 1 unspecified atom stereocenters. The smallest absolute Gasteiger partial charge is 0.323 e. The van der Waals surface area contributed by atoms with Gasteiger partial charge in [0.25, 0.3) is 0 Å². The Balaban J connectivity index is 4.24. The summed E-state index contributed by atoms with van der Waals surface area (Å²) in [4.78, 5) is 22.5. The second kappa shape index (κ2) is 9.88. The maximum Gasteiger partial charge on any atom is 0.323 e. The summed E-state index contributed by atoms with van der Waals surface area (Å²) >= 11 is 0. The zero-order valence-electron chi connectivity index (χ0n) is 11.6. The van der Waals surface area contributed by atoms with Gasteiger partial charge in [0, 0.05) is 0 Å². The minimum Gasteiger partial charge on any atom is -0.480 e. The number of carboxylic acid groups (broad SMARTS) is 1. The van der Waals surface area contributed by atoms with Crippen LogP contribution in [0.5, 0.6) is 0 Å². The predicted octanol–water partition coefficient (Wildman–Crippen LogP) is 1.95. The molecule has 0 bridgehead atoms. The van der Waals surface area contributed by atoms with Gasteiger partial charge in [-0.2, -0.15) is 0 Å². The molecule has 0 aromatic heterocycles. The van der Waals surface area contributed by atoms with Crippen LogP contribution in [0.1, 0.15) is 52.9 Å². The lowest BCUT2D eigenvalue weighted by molar-refractivity contribution is -0.147. The number of hydrogen-bond donors (Lipinski definition) is 2. The SMILES string of the molecule is CCCCCCC(N[C@@H](C)C(=O)O)C(=O)OCC. The highest BCUT2D eigenvalue weighted by molar-refractivity contribution is 5.78. The van der Waals surface area contributed by atoms with Crippen LogP contribution < -0.4 is 5.32 Å². The molecule has 0 spiro atoms. The molecule has 5 heteroatoms. The van der Waals surface area contributed by atoms with Gasteiger partial charge in [-0.1, -0.05) is 32.6 Å². The molecular weight excluding hydrogens is 234 g/mol. The lowest BCUT2D eigenvalue weighted by Crippen LogP contribution is -2.46. The summed E-state index contributed by atoms with van der Waals surface area (Å²) < 4.78 is 4.95. The number of carbonyl (C=O) groups is 2. The highest BCUT2D eigenvalue weighted by Gasteiger charge is 2.23. The maximum absolute atomic E-state index is 11.7. The van der Waals surface area contributed by atoms with Gasteiger partial charge in [0.05, 0.1) is 6.61 Å². The molecule has 2 atom stereocenters. The zero-order chi connectivity index (χ0) is 14.0. The quantitative estimate of drug-likeness (QED) is 0.463. The van der Waals surface area contributed by atoms with E-state index in [2.05, 4.69) is 12.2 Å². The number of aliphatic carboxylic acids is 1. The van der Waals surface area contributed by atoms with Crippen molar-refractivity contribution in [2.45, 2.75) is 65.0 Å². The first kappa shape index (κ1) is 16.9. The molecule has 0 radical (unpaired) electrons. The Bertz CT molecular complexity index is 255. The molecule has 2 N–H and O–H groups in total. The van der Waals surface area contributed by atoms with Gasteiger partial charge >= 0.3 is 11.9 Å². The fourth-order valence-electron chi connectivity index (χ4n) is 1.66. The number of rotatable bonds is 10. The first-order valence-corrected chi connectivity index (χ1v) is 6.68. The molecule has 0 rings (SSSR count). The number of nitrogens with one attached hydrogen (secondary N) is 1. The molecule has 106 valence electrons. The molecule has 0 fully saturated rings. The van der Waals surface area contributed by atoms with Crippen molar-refractivity contribution in [2.75, 3.05) is 6.61 Å². The Kier molecular flexibility index (Phi) is 9.28. The standard InChI is InChI=1S/C13H25NO4/c1-4-6-7-8-9-11(13(17)18-5-2)14-10(3)12(15)16/h10-11,14H,4-9H2,1-3H3,(H,15,16)/t10-,11?/m0/s1. The lowest BCUT2D eigenvalue weighted by atomic mass is 10.1. The number of esters is 1. The Morgan fingerprint density at radius 3 is 2.39 bits per heavy atom. The van der Waals surface area contributed by atoms with E-state index in [0.29, 0.717) is 13.0 Å². The minimum absolute atomic E-state index is 0.313. The monoisotopic (exact) mass is 259 g/mol. The third-order valence-corrected chi connectivity index (χ3v) is 2.74. The topological polar surface area (TPSA) is 75.6 Å². The number of hydrogen-bond acceptors (Lipinski definition) is 4. The normalized spacial score (nSPS) is 13.9. The van der Waals surface area contributed by atoms with Crippen molar-refractivity contribution in [2.24, 2.45) is 0 Å². The predicted molar refractivity (Wildman–Crippen MR) is 69.4 cm³/mol. The van der Waals surface area contributed by atoms with E-state index in [1.54, 1.807) is 6.92 Å². The van der Waals surface area contributed by atoms with E-state index >= 15 is 0 Å². The maximum atomic E-state index is 11.7. The van der Waals surface area contributed by atoms with Crippen LogP contribution in [-0.2, 0) is 14.3 Å². The van der Waals surface area contributed by atoms with Crippen LogP contribution in [0.3, 0.4) is 0 Å². The van der Waals surface area contributed by atoms with E-state index in [0.717, 1.165) is 25.7 Å². The molecule has 0 aromatic carbocycles. The van der Waals surface area contributed by atoms with Gasteiger partial charge in [-0.05, 0) is 20.3 Å². The second-order valence-corrected chi connectivity index (χ2v) is 4.38. The van der Waals surface area contributed by atoms with Gasteiger partial charge in [-0.25, -0.2) is 0 Å². The van der Waals surface area contributed by atoms with Crippen molar-refractivity contribution in [3.05, 3.63) is 0 Å². The van der Waals surface area contributed by atoms with E-state index in [9.17, 15) is 9.59 Å². The minimum atomic E-state index is -0.960. The van der Waals surface area contributed by atoms with Crippen LogP contribution in [0, 0.1) is 0 Å². The van der Waals surface area contributed by atoms with E-state index in [1.165, 1.54) is 6.92 Å². The Morgan fingerprint density at radius 1 is 1.22 bits per heavy atom. The van der Waals surface area contributed by atoms with Crippen LogP contribution in [-0.4, -0.2) is 35.7 Å². The number of unbranched alkanes of at least 4 members (excludes halogenated alkanes) is 3. The molecule has 0 aromatic rings. The molecule has 0 aliphatic rings. The summed E-state index contributed by atoms with van der Waals surface area (Å²) in [5.41, 5.74) is 0. The van der Waals surface area contributed by atoms with Gasteiger partial charge < -0.3 is 9.84 Å². The number of carbonyl (C=O) groups excluding carboxylic acids is 1. The van der Waals surface area contributed by atoms with Crippen LogP contribution in [0.2, 0.25) is 0 Å². The van der Waals surface area contributed by atoms with Crippen molar-refractivity contribution in [3.8, 4) is 0 Å². The fraction of sp³-hybridized carbons (Fsp3) is 0.846. The largest absolute Gasteiger partial charge is 0.480 e. The molecule has 0 aliphatic heterocycles. The van der Waals surface area contributed by atoms with Crippen molar-refractivity contribution >= 4 is 11.9 Å². The second-order valence-electron chi connectivity index (χ2n) is 4.38. The van der Waals surface area contributed by atoms with Crippen molar-refractivity contribution in [1.29, 1.82) is 0 Å². The molecule has 5 nitrogen and oxygen atoms in total. The first-order valence-electron chi connectivity index (χ1n) is 6.68. The summed E-state index contributed by atoms with van der Waals surface area (Å²) in [5.74, 6) is -1.32. The number of ether oxygens (including phenoxy) is 1. The molecule has 0 heterocycles. The van der Waals surface area contributed by atoms with Crippen LogP contribution in [0.4, 0.5) is 0 Å². The van der Waals surface area contributed by atoms with Gasteiger partial charge in [0.15, 0.2) is 0 Å². The third kappa shape index (κ3) is 7.27. The van der Waals surface area contributed by atoms with Crippen LogP contribution in [0.25, 0.3) is 0 Å². The van der Waals surface area contributed by atoms with Gasteiger partial charge in [0.2, 0.25) is 0 Å². The molecular formula is C13H25NO4. The summed E-state index contributed by atoms with van der Waals surface area (Å²) in [7, 11) is 0. The summed E-state index contributed by atoms with van der Waals surface area (Å²) in [5, 5.41) is 11.6. The van der Waals surface area contributed by atoms with E-state index in [1.807, 2.05) is 0 Å². The molecule has 18 heavy (non-hydrogen) atoms. The Labute approximate surface area is 109 Å². The number of carboxylic acids is 1. The third-order valence-electron chi connectivity index (χ3n) is 2.74. The average Bonchev–Trinajstić information content (AvgIpc) is 2.32.